The molecule has 0 spiro atoms. The number of nitrogen functional groups attached to an aromatic ring is 1. The second-order valence-electron chi connectivity index (χ2n) is 6.06. The Hall–Kier alpha value is -3.16. The summed E-state index contributed by atoms with van der Waals surface area (Å²) in [6, 6.07) is 12.0. The van der Waals surface area contributed by atoms with Crippen LogP contribution >= 0.6 is 23.2 Å². The van der Waals surface area contributed by atoms with Crippen molar-refractivity contribution in [3.8, 4) is 11.1 Å². The van der Waals surface area contributed by atoms with E-state index in [0.29, 0.717) is 49.8 Å². The van der Waals surface area contributed by atoms with Gasteiger partial charge < -0.3 is 11.1 Å². The van der Waals surface area contributed by atoms with Crippen LogP contribution in [0.5, 0.6) is 0 Å². The van der Waals surface area contributed by atoms with Gasteiger partial charge in [-0.1, -0.05) is 63.0 Å². The highest BCUT2D eigenvalue weighted by molar-refractivity contribution is 6.39. The molecule has 0 aliphatic rings. The maximum atomic E-state index is 12.9. The van der Waals surface area contributed by atoms with Gasteiger partial charge in [-0.05, 0) is 30.3 Å². The van der Waals surface area contributed by atoms with Crippen LogP contribution in [0.2, 0.25) is 10.0 Å². The first kappa shape index (κ1) is 25.1. The van der Waals surface area contributed by atoms with Crippen LogP contribution in [0, 0.1) is 0 Å². The van der Waals surface area contributed by atoms with E-state index in [9.17, 15) is 4.79 Å². The number of rotatable bonds is 3. The molecule has 4 rings (SSSR count). The van der Waals surface area contributed by atoms with Crippen molar-refractivity contribution in [2.45, 2.75) is 27.7 Å². The second kappa shape index (κ2) is 11.5. The van der Waals surface area contributed by atoms with Crippen LogP contribution in [-0.4, -0.2) is 19.5 Å². The number of nitrogens with two attached hydrogens (primary N) is 1. The summed E-state index contributed by atoms with van der Waals surface area (Å²) in [5.41, 5.74) is 6.74. The summed E-state index contributed by atoms with van der Waals surface area (Å²) in [4.78, 5) is 25.8. The molecule has 0 bridgehead atoms. The van der Waals surface area contributed by atoms with Gasteiger partial charge >= 0.3 is 0 Å². The Morgan fingerprint density at radius 2 is 1.59 bits per heavy atom. The fourth-order valence-corrected chi connectivity index (χ4v) is 3.48. The van der Waals surface area contributed by atoms with Crippen LogP contribution in [0.25, 0.3) is 22.2 Å². The van der Waals surface area contributed by atoms with E-state index in [1.165, 1.54) is 4.57 Å². The Bertz CT molecular complexity index is 1250. The summed E-state index contributed by atoms with van der Waals surface area (Å²) in [6.45, 7) is 8.00. The summed E-state index contributed by atoms with van der Waals surface area (Å²) in [7, 11) is 1.63. The van der Waals surface area contributed by atoms with Crippen LogP contribution in [-0.2, 0) is 7.05 Å². The molecule has 3 heterocycles. The van der Waals surface area contributed by atoms with Crippen molar-refractivity contribution in [1.82, 2.24) is 19.5 Å². The fraction of sp³-hybridized carbons (Fsp3) is 0.217. The number of nitrogens with zero attached hydrogens (tertiary/aromatic N) is 4. The lowest BCUT2D eigenvalue weighted by molar-refractivity contribution is 0.887. The van der Waals surface area contributed by atoms with Crippen molar-refractivity contribution in [3.05, 3.63) is 69.1 Å². The average Bonchev–Trinajstić information content (AvgIpc) is 2.80. The maximum absolute atomic E-state index is 12.9. The molecule has 9 heteroatoms. The average molecular weight is 473 g/mol. The van der Waals surface area contributed by atoms with E-state index in [2.05, 4.69) is 20.3 Å². The SMILES string of the molecule is CC.CC.Cn1c(=O)c(-c2c(Cl)cccc2Cl)cc2cnc(Nc3cccc(N)n3)nc21. The monoisotopic (exact) mass is 472 g/mol. The number of nitrogens with one attached hydrogen (secondary N) is 1. The zero-order valence-corrected chi connectivity index (χ0v) is 20.2. The fourth-order valence-electron chi connectivity index (χ4n) is 2.88. The van der Waals surface area contributed by atoms with Gasteiger partial charge in [-0.3, -0.25) is 9.36 Å². The number of fused-ring (bicyclic) bond motifs is 1. The number of hydrogen-bond acceptors (Lipinski definition) is 6. The van der Waals surface area contributed by atoms with Crippen LogP contribution in [0.4, 0.5) is 17.6 Å². The molecule has 0 radical (unpaired) electrons. The number of benzene rings is 1. The third-order valence-electron chi connectivity index (χ3n) is 4.19. The van der Waals surface area contributed by atoms with Crippen LogP contribution in [0.1, 0.15) is 27.7 Å². The lowest BCUT2D eigenvalue weighted by Gasteiger charge is -2.12. The number of aromatic nitrogens is 4. The largest absolute Gasteiger partial charge is 0.384 e. The lowest BCUT2D eigenvalue weighted by atomic mass is 10.1. The summed E-state index contributed by atoms with van der Waals surface area (Å²) in [6.07, 6.45) is 1.62. The quantitative estimate of drug-likeness (QED) is 0.374. The minimum Gasteiger partial charge on any atom is -0.384 e. The van der Waals surface area contributed by atoms with Crippen molar-refractivity contribution in [2.75, 3.05) is 11.1 Å². The molecular formula is C23H26Cl2N6O. The van der Waals surface area contributed by atoms with E-state index in [4.69, 9.17) is 28.9 Å². The van der Waals surface area contributed by atoms with Crippen molar-refractivity contribution in [3.63, 3.8) is 0 Å². The molecule has 3 aromatic heterocycles. The Kier molecular flexibility index (Phi) is 8.99. The molecule has 3 N–H and O–H groups in total. The van der Waals surface area contributed by atoms with Gasteiger partial charge in [0.05, 0.1) is 15.6 Å². The van der Waals surface area contributed by atoms with Gasteiger partial charge in [-0.2, -0.15) is 4.98 Å². The summed E-state index contributed by atoms with van der Waals surface area (Å²) < 4.78 is 1.43. The Morgan fingerprint density at radius 1 is 0.969 bits per heavy atom. The number of anilines is 3. The van der Waals surface area contributed by atoms with Crippen molar-refractivity contribution in [1.29, 1.82) is 0 Å². The van der Waals surface area contributed by atoms with Gasteiger partial charge in [0.1, 0.15) is 17.3 Å². The van der Waals surface area contributed by atoms with E-state index in [1.807, 2.05) is 27.7 Å². The van der Waals surface area contributed by atoms with Crippen molar-refractivity contribution < 1.29 is 0 Å². The molecule has 4 aromatic rings. The van der Waals surface area contributed by atoms with Gasteiger partial charge in [-0.15, -0.1) is 0 Å². The Morgan fingerprint density at radius 3 is 2.22 bits per heavy atom. The lowest BCUT2D eigenvalue weighted by Crippen LogP contribution is -2.20. The number of hydrogen-bond donors (Lipinski definition) is 2. The van der Waals surface area contributed by atoms with Crippen molar-refractivity contribution in [2.24, 2.45) is 7.05 Å². The molecule has 0 aliphatic carbocycles. The summed E-state index contributed by atoms with van der Waals surface area (Å²) in [5, 5.41) is 4.44. The number of aryl methyl sites for hydroxylation is 1. The van der Waals surface area contributed by atoms with Gasteiger partial charge in [0.2, 0.25) is 5.95 Å². The molecule has 0 fully saturated rings. The molecule has 32 heavy (non-hydrogen) atoms. The number of halogens is 2. The minimum absolute atomic E-state index is 0.269. The highest BCUT2D eigenvalue weighted by atomic mass is 35.5. The molecule has 0 atom stereocenters. The first-order chi connectivity index (χ1) is 15.4. The van der Waals surface area contributed by atoms with Crippen molar-refractivity contribution >= 4 is 51.8 Å². The minimum atomic E-state index is -0.269. The first-order valence-corrected chi connectivity index (χ1v) is 11.0. The zero-order valence-electron chi connectivity index (χ0n) is 18.6. The molecule has 1 aromatic carbocycles. The van der Waals surface area contributed by atoms with E-state index >= 15 is 0 Å². The van der Waals surface area contributed by atoms with E-state index < -0.39 is 0 Å². The topological polar surface area (TPSA) is 98.7 Å². The van der Waals surface area contributed by atoms with Gasteiger partial charge in [0.15, 0.2) is 0 Å². The first-order valence-electron chi connectivity index (χ1n) is 10.2. The molecule has 7 nitrogen and oxygen atoms in total. The molecule has 0 saturated heterocycles. The Labute approximate surface area is 197 Å². The molecule has 0 amide bonds. The summed E-state index contributed by atoms with van der Waals surface area (Å²) in [5.74, 6) is 1.17. The Balaban J connectivity index is 0.000000860. The molecule has 0 aliphatic heterocycles. The summed E-state index contributed by atoms with van der Waals surface area (Å²) >= 11 is 12.6. The maximum Gasteiger partial charge on any atom is 0.259 e. The molecule has 0 saturated carbocycles. The predicted octanol–water partition coefficient (Wildman–Crippen LogP) is 6.08. The highest BCUT2D eigenvalue weighted by Gasteiger charge is 2.16. The van der Waals surface area contributed by atoms with Crippen LogP contribution in [0.15, 0.2) is 53.5 Å². The van der Waals surface area contributed by atoms with E-state index in [-0.39, 0.29) is 5.56 Å². The van der Waals surface area contributed by atoms with Crippen LogP contribution in [0.3, 0.4) is 0 Å². The smallest absolute Gasteiger partial charge is 0.259 e. The van der Waals surface area contributed by atoms with Crippen LogP contribution < -0.4 is 16.6 Å². The molecule has 168 valence electrons. The van der Waals surface area contributed by atoms with E-state index in [1.54, 1.807) is 55.7 Å². The number of pyridine rings is 2. The molecule has 0 unspecified atom stereocenters. The molecular weight excluding hydrogens is 447 g/mol. The highest BCUT2D eigenvalue weighted by Crippen LogP contribution is 2.33. The normalized spacial score (nSPS) is 9.97. The third kappa shape index (κ3) is 5.36. The standard InChI is InChI=1S/C19H14Cl2N6O.2C2H6/c1-27-17-10(8-11(18(27)28)16-12(20)4-2-5-13(16)21)9-23-19(26-17)25-15-7-3-6-14(22)24-15;2*1-2/h2-9H,1H3,(H3,22,23,24,25,26);2*1-2H3. The van der Waals surface area contributed by atoms with Gasteiger partial charge in [-0.25, -0.2) is 9.97 Å². The second-order valence-corrected chi connectivity index (χ2v) is 6.88. The zero-order chi connectivity index (χ0) is 23.8. The van der Waals surface area contributed by atoms with E-state index in [0.717, 1.165) is 0 Å². The van der Waals surface area contributed by atoms with Gasteiger partial charge in [0, 0.05) is 24.2 Å². The third-order valence-corrected chi connectivity index (χ3v) is 4.82. The van der Waals surface area contributed by atoms with Gasteiger partial charge in [0.25, 0.3) is 5.56 Å². The predicted molar refractivity (Wildman–Crippen MR) is 135 cm³/mol.